The second-order valence-electron chi connectivity index (χ2n) is 8.74. The number of aliphatic carboxylic acids is 1. The second kappa shape index (κ2) is 10.1. The van der Waals surface area contributed by atoms with Gasteiger partial charge in [0, 0.05) is 35.5 Å². The SMILES string of the molecule is Cc1cc2cc(COc3cc(-c4ccncc4)ccc3CC(=O)O)cc(-c3cccc(CN)c3)c2o1. The van der Waals surface area contributed by atoms with Crippen molar-refractivity contribution < 1.29 is 19.1 Å². The van der Waals surface area contributed by atoms with Crippen molar-refractivity contribution in [3.05, 3.63) is 108 Å². The summed E-state index contributed by atoms with van der Waals surface area (Å²) in [6.07, 6.45) is 3.33. The maximum Gasteiger partial charge on any atom is 0.307 e. The number of fused-ring (bicyclic) bond motifs is 1. The zero-order valence-electron chi connectivity index (χ0n) is 19.9. The van der Waals surface area contributed by atoms with Crippen LogP contribution in [0.2, 0.25) is 0 Å². The third kappa shape index (κ3) is 4.99. The molecule has 5 aromatic rings. The molecular weight excluding hydrogens is 452 g/mol. The summed E-state index contributed by atoms with van der Waals surface area (Å²) >= 11 is 0. The van der Waals surface area contributed by atoms with Gasteiger partial charge in [-0.1, -0.05) is 30.3 Å². The van der Waals surface area contributed by atoms with Gasteiger partial charge < -0.3 is 20.0 Å². The maximum absolute atomic E-state index is 11.5. The molecule has 0 spiro atoms. The molecule has 2 heterocycles. The van der Waals surface area contributed by atoms with Gasteiger partial charge in [-0.15, -0.1) is 0 Å². The molecule has 5 rings (SSSR count). The monoisotopic (exact) mass is 478 g/mol. The zero-order chi connectivity index (χ0) is 25.1. The van der Waals surface area contributed by atoms with E-state index in [1.54, 1.807) is 12.4 Å². The van der Waals surface area contributed by atoms with E-state index in [0.29, 0.717) is 17.9 Å². The topological polar surface area (TPSA) is 98.6 Å². The third-order valence-corrected chi connectivity index (χ3v) is 6.09. The number of ether oxygens (including phenoxy) is 1. The Hall–Kier alpha value is -4.42. The fourth-order valence-electron chi connectivity index (χ4n) is 4.39. The lowest BCUT2D eigenvalue weighted by molar-refractivity contribution is -0.136. The third-order valence-electron chi connectivity index (χ3n) is 6.09. The summed E-state index contributed by atoms with van der Waals surface area (Å²) < 4.78 is 12.3. The van der Waals surface area contributed by atoms with Gasteiger partial charge in [0.25, 0.3) is 0 Å². The molecule has 0 aliphatic carbocycles. The van der Waals surface area contributed by atoms with Crippen LogP contribution in [-0.2, 0) is 24.4 Å². The quantitative estimate of drug-likeness (QED) is 0.278. The Labute approximate surface area is 209 Å². The predicted molar refractivity (Wildman–Crippen MR) is 140 cm³/mol. The van der Waals surface area contributed by atoms with E-state index >= 15 is 0 Å². The number of hydrogen-bond acceptors (Lipinski definition) is 5. The second-order valence-corrected chi connectivity index (χ2v) is 8.74. The molecule has 2 aromatic heterocycles. The first-order chi connectivity index (χ1) is 17.5. The molecule has 0 bridgehead atoms. The minimum absolute atomic E-state index is 0.122. The molecule has 0 unspecified atom stereocenters. The molecule has 0 aliphatic heterocycles. The van der Waals surface area contributed by atoms with Gasteiger partial charge in [-0.2, -0.15) is 0 Å². The standard InChI is InChI=1S/C30H26N2O4/c1-19-11-26-13-21(14-27(30(26)36-19)24-4-2-3-20(12-24)17-31)18-35-28-15-23(22-7-9-32-10-8-22)5-6-25(28)16-29(33)34/h2-15H,16-18,31H2,1H3,(H,33,34). The molecule has 3 N–H and O–H groups in total. The molecule has 0 saturated heterocycles. The fraction of sp³-hybridized carbons (Fsp3) is 0.133. The Morgan fingerprint density at radius 2 is 1.78 bits per heavy atom. The molecule has 36 heavy (non-hydrogen) atoms. The lowest BCUT2D eigenvalue weighted by atomic mass is 9.99. The van der Waals surface area contributed by atoms with Gasteiger partial charge in [-0.25, -0.2) is 0 Å². The molecule has 0 atom stereocenters. The Balaban J connectivity index is 1.51. The molecular formula is C30H26N2O4. The number of benzene rings is 3. The molecule has 6 nitrogen and oxygen atoms in total. The van der Waals surface area contributed by atoms with E-state index in [4.69, 9.17) is 14.9 Å². The Morgan fingerprint density at radius 3 is 2.56 bits per heavy atom. The van der Waals surface area contributed by atoms with E-state index in [1.807, 2.05) is 67.6 Å². The van der Waals surface area contributed by atoms with Crippen LogP contribution >= 0.6 is 0 Å². The summed E-state index contributed by atoms with van der Waals surface area (Å²) in [5.74, 6) is 0.462. The van der Waals surface area contributed by atoms with Crippen LogP contribution in [0, 0.1) is 6.92 Å². The minimum atomic E-state index is -0.908. The van der Waals surface area contributed by atoms with Crippen molar-refractivity contribution in [2.24, 2.45) is 5.73 Å². The highest BCUT2D eigenvalue weighted by molar-refractivity contribution is 5.93. The van der Waals surface area contributed by atoms with E-state index in [1.165, 1.54) is 0 Å². The fourth-order valence-corrected chi connectivity index (χ4v) is 4.39. The first-order valence-electron chi connectivity index (χ1n) is 11.7. The number of rotatable bonds is 8. The van der Waals surface area contributed by atoms with Gasteiger partial charge in [0.1, 0.15) is 23.7 Å². The Kier molecular flexibility index (Phi) is 6.52. The lowest BCUT2D eigenvalue weighted by Gasteiger charge is -2.14. The lowest BCUT2D eigenvalue weighted by Crippen LogP contribution is -2.04. The van der Waals surface area contributed by atoms with E-state index in [0.717, 1.165) is 50.1 Å². The number of furan rings is 1. The van der Waals surface area contributed by atoms with Crippen LogP contribution in [0.4, 0.5) is 0 Å². The van der Waals surface area contributed by atoms with Crippen LogP contribution < -0.4 is 10.5 Å². The molecule has 180 valence electrons. The van der Waals surface area contributed by atoms with Gasteiger partial charge in [0.15, 0.2) is 0 Å². The van der Waals surface area contributed by atoms with E-state index in [-0.39, 0.29) is 13.0 Å². The molecule has 0 saturated carbocycles. The van der Waals surface area contributed by atoms with E-state index < -0.39 is 5.97 Å². The number of carboxylic acids is 1. The van der Waals surface area contributed by atoms with Crippen LogP contribution in [0.1, 0.15) is 22.5 Å². The van der Waals surface area contributed by atoms with Crippen molar-refractivity contribution in [1.29, 1.82) is 0 Å². The normalized spacial score (nSPS) is 11.1. The largest absolute Gasteiger partial charge is 0.489 e. The molecule has 6 heteroatoms. The zero-order valence-corrected chi connectivity index (χ0v) is 19.9. The number of aryl methyl sites for hydroxylation is 1. The van der Waals surface area contributed by atoms with Gasteiger partial charge >= 0.3 is 5.97 Å². The van der Waals surface area contributed by atoms with Crippen LogP contribution in [0.15, 0.2) is 89.6 Å². The predicted octanol–water partition coefficient (Wildman–Crippen LogP) is 6.14. The van der Waals surface area contributed by atoms with Crippen molar-refractivity contribution >= 4 is 16.9 Å². The average Bonchev–Trinajstić information content (AvgIpc) is 3.27. The van der Waals surface area contributed by atoms with Gasteiger partial charge in [-0.05, 0) is 77.2 Å². The number of pyridine rings is 1. The smallest absolute Gasteiger partial charge is 0.307 e. The number of carboxylic acid groups (broad SMARTS) is 1. The summed E-state index contributed by atoms with van der Waals surface area (Å²) in [4.78, 5) is 15.5. The number of hydrogen-bond donors (Lipinski definition) is 2. The van der Waals surface area contributed by atoms with Crippen molar-refractivity contribution in [3.63, 3.8) is 0 Å². The average molecular weight is 479 g/mol. The Bertz CT molecular complexity index is 1540. The van der Waals surface area contributed by atoms with E-state index in [2.05, 4.69) is 17.1 Å². The molecule has 0 aliphatic rings. The Morgan fingerprint density at radius 1 is 0.944 bits per heavy atom. The summed E-state index contributed by atoms with van der Waals surface area (Å²) in [6.45, 7) is 2.66. The number of nitrogens with zero attached hydrogens (tertiary/aromatic N) is 1. The highest BCUT2D eigenvalue weighted by atomic mass is 16.5. The summed E-state index contributed by atoms with van der Waals surface area (Å²) in [5.41, 5.74) is 13.2. The number of carbonyl (C=O) groups is 1. The molecule has 3 aromatic carbocycles. The van der Waals surface area contributed by atoms with E-state index in [9.17, 15) is 9.90 Å². The van der Waals surface area contributed by atoms with Crippen LogP contribution in [-0.4, -0.2) is 16.1 Å². The number of aromatic nitrogens is 1. The highest BCUT2D eigenvalue weighted by Crippen LogP contribution is 2.34. The summed E-state index contributed by atoms with van der Waals surface area (Å²) in [6, 6.07) is 23.6. The van der Waals surface area contributed by atoms with Crippen molar-refractivity contribution in [2.45, 2.75) is 26.5 Å². The van der Waals surface area contributed by atoms with Gasteiger partial charge in [-0.3, -0.25) is 9.78 Å². The van der Waals surface area contributed by atoms with Crippen molar-refractivity contribution in [1.82, 2.24) is 4.98 Å². The molecule has 0 amide bonds. The maximum atomic E-state index is 11.5. The van der Waals surface area contributed by atoms with Crippen LogP contribution in [0.25, 0.3) is 33.2 Å². The van der Waals surface area contributed by atoms with Crippen molar-refractivity contribution in [2.75, 3.05) is 0 Å². The molecule has 0 radical (unpaired) electrons. The summed E-state index contributed by atoms with van der Waals surface area (Å²) in [5, 5.41) is 10.4. The summed E-state index contributed by atoms with van der Waals surface area (Å²) in [7, 11) is 0. The van der Waals surface area contributed by atoms with Gasteiger partial charge in [0.05, 0.1) is 6.42 Å². The minimum Gasteiger partial charge on any atom is -0.489 e. The van der Waals surface area contributed by atoms with Crippen molar-refractivity contribution in [3.8, 4) is 28.0 Å². The first kappa shape index (κ1) is 23.3. The number of nitrogens with two attached hydrogens (primary N) is 1. The highest BCUT2D eigenvalue weighted by Gasteiger charge is 2.14. The molecule has 0 fully saturated rings. The van der Waals surface area contributed by atoms with Crippen LogP contribution in [0.3, 0.4) is 0 Å². The van der Waals surface area contributed by atoms with Gasteiger partial charge in [0.2, 0.25) is 0 Å². The first-order valence-corrected chi connectivity index (χ1v) is 11.7. The van der Waals surface area contributed by atoms with Crippen LogP contribution in [0.5, 0.6) is 5.75 Å².